The van der Waals surface area contributed by atoms with Crippen molar-refractivity contribution in [2.45, 2.75) is 85.9 Å². The second kappa shape index (κ2) is 7.67. The molecule has 0 radical (unpaired) electrons. The number of allylic oxidation sites excluding steroid dienone is 4. The molecule has 1 N–H and O–H groups in total. The van der Waals surface area contributed by atoms with E-state index in [4.69, 9.17) is 0 Å². The maximum Gasteiger partial charge on any atom is 0.158 e. The first kappa shape index (κ1) is 21.5. The van der Waals surface area contributed by atoms with E-state index >= 15 is 0 Å². The van der Waals surface area contributed by atoms with Crippen LogP contribution in [0, 0.1) is 0 Å². The summed E-state index contributed by atoms with van der Waals surface area (Å²) in [5, 5.41) is 0. The van der Waals surface area contributed by atoms with Gasteiger partial charge in [0.05, 0.1) is 0 Å². The fraction of sp³-hybridized carbons (Fsp3) is 0.565. The normalized spacial score (nSPS) is 16.5. The Kier molecular flexibility index (Phi) is 6.34. The first-order valence-corrected chi connectivity index (χ1v) is 13.7. The van der Waals surface area contributed by atoms with Gasteiger partial charge in [-0.1, -0.05) is 67.9 Å². The molecule has 0 bridgehead atoms. The summed E-state index contributed by atoms with van der Waals surface area (Å²) < 4.78 is 1.19. The molecule has 1 nitrogen and oxygen atoms in total. The highest BCUT2D eigenvalue weighted by atomic mass is 79.9. The van der Waals surface area contributed by atoms with Crippen LogP contribution in [0.2, 0.25) is 18.6 Å². The summed E-state index contributed by atoms with van der Waals surface area (Å²) in [5.74, 6) is 0.996. The summed E-state index contributed by atoms with van der Waals surface area (Å²) in [6, 6.07) is 4.61. The van der Waals surface area contributed by atoms with Gasteiger partial charge in [-0.3, -0.25) is 0 Å². The molecule has 0 spiro atoms. The van der Waals surface area contributed by atoms with Gasteiger partial charge in [0, 0.05) is 15.7 Å². The Balaban J connectivity index is 2.57. The third-order valence-corrected chi connectivity index (χ3v) is 9.85. The minimum absolute atomic E-state index is 0.498. The lowest BCUT2D eigenvalue weighted by Gasteiger charge is -2.36. The average Bonchev–Trinajstić information content (AvgIpc) is 2.72. The van der Waals surface area contributed by atoms with Gasteiger partial charge < -0.3 is 4.98 Å². The van der Waals surface area contributed by atoms with E-state index in [1.807, 2.05) is 0 Å². The van der Waals surface area contributed by atoms with Crippen LogP contribution in [0.3, 0.4) is 0 Å². The minimum atomic E-state index is -1.77. The van der Waals surface area contributed by atoms with E-state index in [1.165, 1.54) is 32.4 Å². The Labute approximate surface area is 170 Å². The van der Waals surface area contributed by atoms with Gasteiger partial charge in [0.1, 0.15) is 0 Å². The van der Waals surface area contributed by atoms with Crippen molar-refractivity contribution in [3.05, 3.63) is 50.0 Å². The fourth-order valence-electron chi connectivity index (χ4n) is 4.53. The highest BCUT2D eigenvalue weighted by Gasteiger charge is 2.40. The Morgan fingerprint density at radius 3 is 1.58 bits per heavy atom. The predicted octanol–water partition coefficient (Wildman–Crippen LogP) is 8.37. The van der Waals surface area contributed by atoms with Crippen LogP contribution in [0.4, 0.5) is 5.69 Å². The lowest BCUT2D eigenvalue weighted by molar-refractivity contribution is 0.836. The summed E-state index contributed by atoms with van der Waals surface area (Å²) >= 11 is 3.73. The van der Waals surface area contributed by atoms with Crippen LogP contribution in [-0.2, 0) is 0 Å². The molecule has 0 aromatic heterocycles. The van der Waals surface area contributed by atoms with Crippen LogP contribution < -0.4 is 4.98 Å². The van der Waals surface area contributed by atoms with Gasteiger partial charge in [-0.05, 0) is 73.9 Å². The predicted molar refractivity (Wildman–Crippen MR) is 124 cm³/mol. The Morgan fingerprint density at radius 2 is 1.23 bits per heavy atom. The van der Waals surface area contributed by atoms with Gasteiger partial charge in [-0.25, -0.2) is 0 Å². The smallest absolute Gasteiger partial charge is 0.158 e. The number of halogens is 1. The van der Waals surface area contributed by atoms with Crippen LogP contribution in [0.25, 0.3) is 0 Å². The second-order valence-electron chi connectivity index (χ2n) is 9.16. The van der Waals surface area contributed by atoms with E-state index in [0.717, 1.165) is 0 Å². The molecule has 0 heterocycles. The third-order valence-electron chi connectivity index (χ3n) is 6.19. The molecule has 0 aliphatic heterocycles. The Bertz CT molecular complexity index is 715. The lowest BCUT2D eigenvalue weighted by Crippen LogP contribution is -2.43. The van der Waals surface area contributed by atoms with Crippen LogP contribution in [0.1, 0.15) is 78.4 Å². The van der Waals surface area contributed by atoms with E-state index in [9.17, 15) is 0 Å². The summed E-state index contributed by atoms with van der Waals surface area (Å²) in [7, 11) is -1.77. The maximum absolute atomic E-state index is 4.14. The van der Waals surface area contributed by atoms with Gasteiger partial charge in [-0.15, -0.1) is 0 Å². The highest BCUT2D eigenvalue weighted by Crippen LogP contribution is 2.47. The summed E-state index contributed by atoms with van der Waals surface area (Å²) in [6.45, 7) is 23.4. The Hall–Kier alpha value is -0.803. The monoisotopic (exact) mass is 433 g/mol. The van der Waals surface area contributed by atoms with Gasteiger partial charge in [0.15, 0.2) is 8.24 Å². The largest absolute Gasteiger partial charge is 0.409 e. The molecule has 0 saturated heterocycles. The van der Waals surface area contributed by atoms with E-state index in [1.54, 1.807) is 11.1 Å². The van der Waals surface area contributed by atoms with Crippen molar-refractivity contribution >= 4 is 29.9 Å². The molecule has 2 rings (SSSR count). The van der Waals surface area contributed by atoms with Crippen LogP contribution in [-0.4, -0.2) is 8.24 Å². The molecule has 0 amide bonds. The van der Waals surface area contributed by atoms with Gasteiger partial charge >= 0.3 is 0 Å². The number of rotatable bonds is 5. The molecule has 0 unspecified atom stereocenters. The van der Waals surface area contributed by atoms with Crippen LogP contribution in [0.15, 0.2) is 38.9 Å². The van der Waals surface area contributed by atoms with E-state index in [0.29, 0.717) is 17.4 Å². The van der Waals surface area contributed by atoms with E-state index in [2.05, 4.69) is 102 Å². The molecule has 1 aromatic carbocycles. The molecule has 144 valence electrons. The third kappa shape index (κ3) is 3.89. The number of hydrogen-bond donors (Lipinski definition) is 1. The first-order valence-electron chi connectivity index (χ1n) is 9.85. The molecule has 26 heavy (non-hydrogen) atoms. The number of nitrogens with one attached hydrogen (secondary N) is 1. The van der Waals surface area contributed by atoms with Crippen molar-refractivity contribution in [1.29, 1.82) is 0 Å². The highest BCUT2D eigenvalue weighted by molar-refractivity contribution is 9.10. The van der Waals surface area contributed by atoms with Gasteiger partial charge in [-0.2, -0.15) is 0 Å². The summed E-state index contributed by atoms with van der Waals surface area (Å²) in [6.07, 6.45) is 0. The quantitative estimate of drug-likeness (QED) is 0.459. The van der Waals surface area contributed by atoms with Crippen molar-refractivity contribution in [1.82, 2.24) is 0 Å². The van der Waals surface area contributed by atoms with Crippen molar-refractivity contribution in [3.63, 3.8) is 0 Å². The molecule has 0 saturated carbocycles. The molecule has 0 fully saturated rings. The van der Waals surface area contributed by atoms with Crippen LogP contribution >= 0.6 is 15.9 Å². The molecule has 1 aromatic rings. The average molecular weight is 435 g/mol. The molecular formula is C23H36BrNSi. The van der Waals surface area contributed by atoms with Gasteiger partial charge in [0.2, 0.25) is 0 Å². The van der Waals surface area contributed by atoms with Crippen molar-refractivity contribution in [2.24, 2.45) is 0 Å². The van der Waals surface area contributed by atoms with Gasteiger partial charge in [0.25, 0.3) is 0 Å². The zero-order valence-electron chi connectivity index (χ0n) is 18.3. The minimum Gasteiger partial charge on any atom is -0.409 e. The molecule has 1 aliphatic carbocycles. The van der Waals surface area contributed by atoms with E-state index < -0.39 is 8.24 Å². The van der Waals surface area contributed by atoms with Crippen molar-refractivity contribution in [3.8, 4) is 0 Å². The standard InChI is InChI=1S/C23H36BrNSi/c1-13(2)20-11-19(24)12-21(14(3)4)22(20)25-26(9,10)23-17(7)15(5)16(6)18(23)8/h11-14,23,25H,1-10H3. The van der Waals surface area contributed by atoms with Crippen LogP contribution in [0.5, 0.6) is 0 Å². The Morgan fingerprint density at radius 1 is 0.846 bits per heavy atom. The molecule has 3 heteroatoms. The fourth-order valence-corrected chi connectivity index (χ4v) is 8.70. The number of anilines is 1. The zero-order chi connectivity index (χ0) is 20.0. The lowest BCUT2D eigenvalue weighted by atomic mass is 9.93. The maximum atomic E-state index is 4.14. The zero-order valence-corrected chi connectivity index (χ0v) is 20.9. The summed E-state index contributed by atoms with van der Waals surface area (Å²) in [5.41, 5.74) is 11.0. The van der Waals surface area contributed by atoms with Crippen molar-refractivity contribution < 1.29 is 0 Å². The topological polar surface area (TPSA) is 12.0 Å². The van der Waals surface area contributed by atoms with Crippen molar-refractivity contribution in [2.75, 3.05) is 4.98 Å². The number of benzene rings is 1. The first-order chi connectivity index (χ1) is 11.9. The molecule has 1 aliphatic rings. The van der Waals surface area contributed by atoms with E-state index in [-0.39, 0.29) is 0 Å². The number of hydrogen-bond acceptors (Lipinski definition) is 1. The SMILES string of the molecule is CC1=C(C)C([Si](C)(C)Nc2c(C(C)C)cc(Br)cc2C(C)C)C(C)=C1C. The summed E-state index contributed by atoms with van der Waals surface area (Å²) in [4.78, 5) is 4.14. The molecular weight excluding hydrogens is 398 g/mol. The second-order valence-corrected chi connectivity index (χ2v) is 14.4. The molecule has 0 atom stereocenters.